The van der Waals surface area contributed by atoms with Crippen LogP contribution in [-0.2, 0) is 20.0 Å². The minimum atomic E-state index is 0.0841. The molecule has 0 saturated carbocycles. The van der Waals surface area contributed by atoms with E-state index in [1.165, 1.54) is 17.0 Å². The van der Waals surface area contributed by atoms with E-state index < -0.39 is 0 Å². The summed E-state index contributed by atoms with van der Waals surface area (Å²) < 4.78 is 3.93. The van der Waals surface area contributed by atoms with Crippen LogP contribution in [0.3, 0.4) is 0 Å². The highest BCUT2D eigenvalue weighted by molar-refractivity contribution is 7.12. The molecule has 3 aromatic heterocycles. The van der Waals surface area contributed by atoms with Gasteiger partial charge in [0.15, 0.2) is 5.82 Å². The van der Waals surface area contributed by atoms with Crippen molar-refractivity contribution in [3.63, 3.8) is 0 Å². The van der Waals surface area contributed by atoms with Crippen LogP contribution in [-0.4, -0.2) is 41.9 Å². The van der Waals surface area contributed by atoms with Crippen molar-refractivity contribution in [1.82, 2.24) is 29.4 Å². The number of hydrogen-bond donors (Lipinski definition) is 0. The fourth-order valence-electron chi connectivity index (χ4n) is 3.29. The summed E-state index contributed by atoms with van der Waals surface area (Å²) in [5.74, 6) is 0.845. The molecule has 0 aromatic carbocycles. The number of nitrogens with zero attached hydrogens (tertiary/aromatic N) is 6. The number of thiophene rings is 1. The van der Waals surface area contributed by atoms with Crippen molar-refractivity contribution in [1.29, 1.82) is 0 Å². The quantitative estimate of drug-likeness (QED) is 0.723. The molecule has 1 aliphatic rings. The van der Waals surface area contributed by atoms with E-state index in [-0.39, 0.29) is 11.9 Å². The number of fused-ring (bicyclic) bond motifs is 1. The third kappa shape index (κ3) is 2.66. The first-order valence-corrected chi connectivity index (χ1v) is 9.21. The normalized spacial score (nSPS) is 14.2. The van der Waals surface area contributed by atoms with Crippen LogP contribution in [0.25, 0.3) is 11.5 Å². The van der Waals surface area contributed by atoms with Crippen LogP contribution in [0.15, 0.2) is 23.8 Å². The third-order valence-electron chi connectivity index (χ3n) is 4.60. The van der Waals surface area contributed by atoms with Gasteiger partial charge in [-0.15, -0.1) is 21.5 Å². The molecular weight excluding hydrogens is 336 g/mol. The lowest BCUT2D eigenvalue weighted by Crippen LogP contribution is -2.36. The molecule has 1 amide bonds. The first-order chi connectivity index (χ1) is 12.1. The second-order valence-electron chi connectivity index (χ2n) is 6.51. The maximum absolute atomic E-state index is 12.7. The number of carbonyl (C=O) groups is 1. The molecule has 25 heavy (non-hydrogen) atoms. The zero-order chi connectivity index (χ0) is 17.6. The molecule has 8 heteroatoms. The Hall–Kier alpha value is -2.48. The number of aromatic nitrogens is 5. The van der Waals surface area contributed by atoms with Crippen LogP contribution in [0, 0.1) is 0 Å². The van der Waals surface area contributed by atoms with E-state index in [1.54, 1.807) is 6.33 Å². The minimum absolute atomic E-state index is 0.0841. The lowest BCUT2D eigenvalue weighted by atomic mass is 10.0. The van der Waals surface area contributed by atoms with Gasteiger partial charge in [-0.25, -0.2) is 0 Å². The molecule has 0 saturated heterocycles. The molecule has 0 aliphatic carbocycles. The Labute approximate surface area is 149 Å². The van der Waals surface area contributed by atoms with Crippen LogP contribution in [0.2, 0.25) is 0 Å². The summed E-state index contributed by atoms with van der Waals surface area (Å²) >= 11 is 1.48. The first-order valence-electron chi connectivity index (χ1n) is 8.33. The van der Waals surface area contributed by atoms with Gasteiger partial charge >= 0.3 is 0 Å². The summed E-state index contributed by atoms with van der Waals surface area (Å²) in [5, 5.41) is 15.0. The van der Waals surface area contributed by atoms with Gasteiger partial charge in [0.2, 0.25) is 0 Å². The lowest BCUT2D eigenvalue weighted by molar-refractivity contribution is 0.0738. The van der Waals surface area contributed by atoms with Gasteiger partial charge in [-0.2, -0.15) is 5.10 Å². The van der Waals surface area contributed by atoms with E-state index in [4.69, 9.17) is 5.10 Å². The van der Waals surface area contributed by atoms with Gasteiger partial charge < -0.3 is 9.47 Å². The van der Waals surface area contributed by atoms with Gasteiger partial charge in [-0.3, -0.25) is 9.48 Å². The predicted octanol–water partition coefficient (Wildman–Crippen LogP) is 2.52. The molecule has 7 nitrogen and oxygen atoms in total. The maximum Gasteiger partial charge on any atom is 0.264 e. The highest BCUT2D eigenvalue weighted by atomic mass is 32.1. The van der Waals surface area contributed by atoms with Crippen LogP contribution < -0.4 is 0 Å². The Morgan fingerprint density at radius 2 is 2.20 bits per heavy atom. The van der Waals surface area contributed by atoms with Gasteiger partial charge in [0, 0.05) is 37.3 Å². The van der Waals surface area contributed by atoms with Crippen LogP contribution in [0.4, 0.5) is 0 Å². The van der Waals surface area contributed by atoms with Crippen molar-refractivity contribution in [2.45, 2.75) is 32.9 Å². The molecule has 0 N–H and O–H groups in total. The summed E-state index contributed by atoms with van der Waals surface area (Å²) in [7, 11) is 1.95. The molecule has 4 rings (SSSR count). The zero-order valence-corrected chi connectivity index (χ0v) is 15.3. The molecule has 3 aromatic rings. The summed E-state index contributed by atoms with van der Waals surface area (Å²) in [6.07, 6.45) is 2.53. The zero-order valence-electron chi connectivity index (χ0n) is 14.5. The van der Waals surface area contributed by atoms with Crippen molar-refractivity contribution >= 4 is 17.2 Å². The largest absolute Gasteiger partial charge is 0.333 e. The van der Waals surface area contributed by atoms with Gasteiger partial charge in [0.25, 0.3) is 5.91 Å². The van der Waals surface area contributed by atoms with Crippen molar-refractivity contribution in [2.75, 3.05) is 6.54 Å². The average Bonchev–Trinajstić information content (AvgIpc) is 3.34. The number of aryl methyl sites for hydroxylation is 1. The molecule has 0 bridgehead atoms. The van der Waals surface area contributed by atoms with Crippen molar-refractivity contribution in [3.8, 4) is 11.5 Å². The third-order valence-corrected chi connectivity index (χ3v) is 5.46. The second-order valence-corrected chi connectivity index (χ2v) is 7.45. The number of rotatable bonds is 3. The highest BCUT2D eigenvalue weighted by Crippen LogP contribution is 2.30. The fourth-order valence-corrected chi connectivity index (χ4v) is 3.98. The molecule has 0 atom stereocenters. The van der Waals surface area contributed by atoms with E-state index in [0.29, 0.717) is 13.1 Å². The monoisotopic (exact) mass is 356 g/mol. The van der Waals surface area contributed by atoms with Gasteiger partial charge in [-0.1, -0.05) is 6.07 Å². The topological polar surface area (TPSA) is 68.8 Å². The van der Waals surface area contributed by atoms with E-state index in [9.17, 15) is 4.79 Å². The number of amides is 1. The van der Waals surface area contributed by atoms with Crippen LogP contribution in [0.5, 0.6) is 0 Å². The Morgan fingerprint density at radius 1 is 1.36 bits per heavy atom. The maximum atomic E-state index is 12.7. The van der Waals surface area contributed by atoms with Crippen molar-refractivity contribution in [3.05, 3.63) is 40.0 Å². The van der Waals surface area contributed by atoms with Crippen molar-refractivity contribution in [2.24, 2.45) is 7.05 Å². The SMILES string of the molecule is CC(C)n1cnnc1-c1nn(C)c2c1CN(C(=O)c1cccs1)CC2. The van der Waals surface area contributed by atoms with Gasteiger partial charge in [0.05, 0.1) is 11.4 Å². The molecule has 0 fully saturated rings. The smallest absolute Gasteiger partial charge is 0.264 e. The highest BCUT2D eigenvalue weighted by Gasteiger charge is 2.29. The Bertz CT molecular complexity index is 908. The van der Waals surface area contributed by atoms with E-state index >= 15 is 0 Å². The van der Waals surface area contributed by atoms with Crippen LogP contribution >= 0.6 is 11.3 Å². The molecule has 0 unspecified atom stereocenters. The van der Waals surface area contributed by atoms with E-state index in [2.05, 4.69) is 24.0 Å². The number of hydrogen-bond acceptors (Lipinski definition) is 5. The summed E-state index contributed by atoms with van der Waals surface area (Å²) in [5.41, 5.74) is 3.07. The minimum Gasteiger partial charge on any atom is -0.333 e. The first kappa shape index (κ1) is 16.0. The summed E-state index contributed by atoms with van der Waals surface area (Å²) in [6.45, 7) is 5.45. The summed E-state index contributed by atoms with van der Waals surface area (Å²) in [6, 6.07) is 4.03. The van der Waals surface area contributed by atoms with Crippen LogP contribution in [0.1, 0.15) is 40.8 Å². The predicted molar refractivity (Wildman–Crippen MR) is 95.4 cm³/mol. The molecule has 4 heterocycles. The Balaban J connectivity index is 1.72. The Kier molecular flexibility index (Phi) is 3.91. The second kappa shape index (κ2) is 6.11. The molecule has 0 spiro atoms. The number of carbonyl (C=O) groups excluding carboxylic acids is 1. The van der Waals surface area contributed by atoms with Gasteiger partial charge in [-0.05, 0) is 25.3 Å². The average molecular weight is 356 g/mol. The molecule has 130 valence electrons. The molecular formula is C17H20N6OS. The van der Waals surface area contributed by atoms with E-state index in [1.807, 2.05) is 38.7 Å². The van der Waals surface area contributed by atoms with Gasteiger partial charge in [0.1, 0.15) is 12.0 Å². The lowest BCUT2D eigenvalue weighted by Gasteiger charge is -2.27. The molecule has 1 aliphatic heterocycles. The Morgan fingerprint density at radius 3 is 2.92 bits per heavy atom. The van der Waals surface area contributed by atoms with E-state index in [0.717, 1.165) is 28.4 Å². The summed E-state index contributed by atoms with van der Waals surface area (Å²) in [4.78, 5) is 15.4. The fraction of sp³-hybridized carbons (Fsp3) is 0.412. The standard InChI is InChI=1S/C17H20N6OS/c1-11(2)23-10-18-19-16(23)15-12-9-22(7-6-13(12)21(3)20-15)17(24)14-5-4-8-25-14/h4-5,8,10-11H,6-7,9H2,1-3H3. The van der Waals surface area contributed by atoms with Crippen molar-refractivity contribution < 1.29 is 4.79 Å². The molecule has 0 radical (unpaired) electrons.